The maximum atomic E-state index is 12.6. The van der Waals surface area contributed by atoms with E-state index in [1.54, 1.807) is 13.8 Å². The summed E-state index contributed by atoms with van der Waals surface area (Å²) in [4.78, 5) is 12.8. The van der Waals surface area contributed by atoms with Gasteiger partial charge in [0.15, 0.2) is 46.6 Å². The lowest BCUT2D eigenvalue weighted by Crippen LogP contribution is -2.08. The second kappa shape index (κ2) is 9.60. The molecule has 1 aromatic carbocycles. The number of rotatable bonds is 4. The van der Waals surface area contributed by atoms with Crippen molar-refractivity contribution in [2.24, 2.45) is 0 Å². The molecule has 2 rings (SSSR count). The first-order valence-corrected chi connectivity index (χ1v) is 12.7. The van der Waals surface area contributed by atoms with Crippen LogP contribution in [0, 0.1) is 10.5 Å². The molecule has 0 saturated heterocycles. The number of hydrogen-bond acceptors (Lipinski definition) is 6. The molecule has 0 saturated carbocycles. The van der Waals surface area contributed by atoms with Crippen LogP contribution in [0.1, 0.15) is 28.4 Å². The first-order chi connectivity index (χ1) is 11.9. The van der Waals surface area contributed by atoms with Crippen LogP contribution in [0.5, 0.6) is 5.88 Å². The normalized spacial score (nSPS) is 11.2. The van der Waals surface area contributed by atoms with E-state index in [2.05, 4.69) is 26.5 Å². The van der Waals surface area contributed by atoms with Crippen LogP contribution < -0.4 is 0 Å². The van der Waals surface area contributed by atoms with Gasteiger partial charge < -0.3 is 9.66 Å². The molecule has 0 aliphatic carbocycles. The van der Waals surface area contributed by atoms with Crippen molar-refractivity contribution in [1.29, 1.82) is 0 Å². The Bertz CT molecular complexity index is 914. The average molecular weight is 553 g/mol. The van der Waals surface area contributed by atoms with Crippen molar-refractivity contribution in [3.8, 4) is 5.88 Å². The third-order valence-electron chi connectivity index (χ3n) is 3.35. The monoisotopic (exact) mass is 552 g/mol. The second-order valence-corrected chi connectivity index (χ2v) is 10.6. The van der Waals surface area contributed by atoms with Gasteiger partial charge in [0, 0.05) is 21.9 Å². The summed E-state index contributed by atoms with van der Waals surface area (Å²) in [7, 11) is 4.00. The average Bonchev–Trinajstić information content (AvgIpc) is 2.88. The van der Waals surface area contributed by atoms with Crippen molar-refractivity contribution in [1.82, 2.24) is 9.78 Å². The predicted molar refractivity (Wildman–Crippen MR) is 110 cm³/mol. The smallest absolute Gasteiger partial charge is 0.220 e. The third-order valence-corrected chi connectivity index (χ3v) is 6.25. The van der Waals surface area contributed by atoms with Gasteiger partial charge in [-0.15, -0.1) is 0 Å². The molecular formula is C14H15Cl2IN2O5S2. The van der Waals surface area contributed by atoms with Crippen molar-refractivity contribution in [3.63, 3.8) is 0 Å². The van der Waals surface area contributed by atoms with Gasteiger partial charge >= 0.3 is 0 Å². The maximum absolute atomic E-state index is 12.6. The van der Waals surface area contributed by atoms with Crippen LogP contribution >= 0.6 is 44.0 Å². The molecule has 144 valence electrons. The number of carbonyl (C=O) groups is 1. The molecule has 0 aliphatic rings. The number of nitrogens with zero attached hydrogens (tertiary/aromatic N) is 2. The van der Waals surface area contributed by atoms with Crippen LogP contribution in [-0.4, -0.2) is 39.9 Å². The number of aromatic nitrogens is 2. The summed E-state index contributed by atoms with van der Waals surface area (Å²) in [5.74, 6) is -0.568. The number of carbonyl (C=O) groups excluding carboxylic acids is 1. The molecule has 0 unspecified atom stereocenters. The molecular weight excluding hydrogens is 538 g/mol. The number of halogens is 3. The number of aromatic hydroxyl groups is 1. The van der Waals surface area contributed by atoms with Crippen LogP contribution in [-0.2, 0) is 26.0 Å². The molecule has 0 spiro atoms. The first kappa shape index (κ1) is 23.5. The van der Waals surface area contributed by atoms with E-state index in [1.807, 2.05) is 22.6 Å². The highest BCUT2D eigenvalue weighted by Gasteiger charge is 2.23. The Morgan fingerprint density at radius 3 is 2.35 bits per heavy atom. The molecule has 26 heavy (non-hydrogen) atoms. The zero-order chi connectivity index (χ0) is 20.2. The molecule has 1 heterocycles. The summed E-state index contributed by atoms with van der Waals surface area (Å²) >= 11 is 1.92. The van der Waals surface area contributed by atoms with Crippen LogP contribution in [0.2, 0.25) is 0 Å². The molecule has 0 fully saturated rings. The Hall–Kier alpha value is -0.530. The third kappa shape index (κ3) is 5.73. The molecule has 0 atom stereocenters. The number of hydrogen-bond donors (Lipinski definition) is 1. The molecule has 0 aliphatic heterocycles. The fraction of sp³-hybridized carbons (Fsp3) is 0.286. The van der Waals surface area contributed by atoms with Crippen molar-refractivity contribution in [3.05, 3.63) is 38.6 Å². The highest BCUT2D eigenvalue weighted by Crippen LogP contribution is 2.28. The van der Waals surface area contributed by atoms with Crippen molar-refractivity contribution in [2.45, 2.75) is 25.3 Å². The SMILES string of the molecule is CCn1ncc(C(=O)c2ccc(S(C)(=O)=O)c(I)c2C)c1O.[O-][S+](Cl)Cl. The van der Waals surface area contributed by atoms with E-state index in [4.69, 9.17) is 4.55 Å². The van der Waals surface area contributed by atoms with Gasteiger partial charge in [-0.3, -0.25) is 4.79 Å². The Morgan fingerprint density at radius 2 is 1.92 bits per heavy atom. The highest BCUT2D eigenvalue weighted by molar-refractivity contribution is 14.1. The molecule has 2 aromatic rings. The maximum Gasteiger partial charge on any atom is 0.220 e. The second-order valence-electron chi connectivity index (χ2n) is 5.03. The first-order valence-electron chi connectivity index (χ1n) is 6.94. The van der Waals surface area contributed by atoms with E-state index in [0.29, 0.717) is 21.2 Å². The van der Waals surface area contributed by atoms with Crippen molar-refractivity contribution in [2.75, 3.05) is 6.26 Å². The standard InChI is InChI=1S/C14H15IN2O4S.Cl2OS/c1-4-17-14(19)10(7-16-17)13(18)9-5-6-11(22(3,20)21)12(15)8(9)2;1-4(2)3/h5-7,19H,4H2,1-3H3;. The van der Waals surface area contributed by atoms with Gasteiger partial charge in [-0.2, -0.15) is 5.10 Å². The molecule has 1 N–H and O–H groups in total. The van der Waals surface area contributed by atoms with Gasteiger partial charge in [0.1, 0.15) is 5.56 Å². The van der Waals surface area contributed by atoms with Gasteiger partial charge in [0.2, 0.25) is 5.88 Å². The van der Waals surface area contributed by atoms with E-state index < -0.39 is 19.4 Å². The highest BCUT2D eigenvalue weighted by atomic mass is 127. The molecule has 0 bridgehead atoms. The van der Waals surface area contributed by atoms with E-state index >= 15 is 0 Å². The van der Waals surface area contributed by atoms with Gasteiger partial charge in [-0.25, -0.2) is 13.1 Å². The Labute approximate surface area is 176 Å². The predicted octanol–water partition coefficient (Wildman–Crippen LogP) is 3.20. The largest absolute Gasteiger partial charge is 0.582 e. The number of sulfone groups is 1. The number of aryl methyl sites for hydroxylation is 1. The van der Waals surface area contributed by atoms with Gasteiger partial charge in [-0.1, -0.05) is 0 Å². The van der Waals surface area contributed by atoms with E-state index in [-0.39, 0.29) is 22.1 Å². The fourth-order valence-corrected chi connectivity index (χ4v) is 4.57. The van der Waals surface area contributed by atoms with Crippen molar-refractivity contribution < 1.29 is 22.9 Å². The lowest BCUT2D eigenvalue weighted by atomic mass is 10.0. The summed E-state index contributed by atoms with van der Waals surface area (Å²) < 4.78 is 34.3. The van der Waals surface area contributed by atoms with Crippen molar-refractivity contribution >= 4 is 69.2 Å². The van der Waals surface area contributed by atoms with E-state index in [1.165, 1.54) is 23.0 Å². The zero-order valence-electron chi connectivity index (χ0n) is 13.9. The fourth-order valence-electron chi connectivity index (χ4n) is 2.11. The molecule has 0 amide bonds. The molecule has 1 aromatic heterocycles. The van der Waals surface area contributed by atoms with E-state index in [9.17, 15) is 18.3 Å². The van der Waals surface area contributed by atoms with Crippen LogP contribution in [0.15, 0.2) is 23.2 Å². The van der Waals surface area contributed by atoms with Crippen LogP contribution in [0.4, 0.5) is 0 Å². The van der Waals surface area contributed by atoms with Crippen LogP contribution in [0.3, 0.4) is 0 Å². The van der Waals surface area contributed by atoms with Gasteiger partial charge in [-0.05, 0) is 54.1 Å². The number of ketones is 1. The van der Waals surface area contributed by atoms with Gasteiger partial charge in [0.05, 0.1) is 11.1 Å². The minimum Gasteiger partial charge on any atom is -0.582 e. The van der Waals surface area contributed by atoms with Crippen LogP contribution in [0.25, 0.3) is 0 Å². The van der Waals surface area contributed by atoms with E-state index in [0.717, 1.165) is 6.26 Å². The Kier molecular flexibility index (Phi) is 8.68. The summed E-state index contributed by atoms with van der Waals surface area (Å²) in [6.07, 6.45) is 2.44. The summed E-state index contributed by atoms with van der Waals surface area (Å²) in [6, 6.07) is 2.89. The summed E-state index contributed by atoms with van der Waals surface area (Å²) in [5, 5.41) is 13.9. The quantitative estimate of drug-likeness (QED) is 0.354. The molecule has 12 heteroatoms. The Morgan fingerprint density at radius 1 is 1.38 bits per heavy atom. The summed E-state index contributed by atoms with van der Waals surface area (Å²) in [6.45, 7) is 3.93. The molecule has 7 nitrogen and oxygen atoms in total. The minimum atomic E-state index is -3.36. The Balaban J connectivity index is 0.000000765. The minimum absolute atomic E-state index is 0.104. The van der Waals surface area contributed by atoms with Gasteiger partial charge in [0.25, 0.3) is 0 Å². The lowest BCUT2D eigenvalue weighted by Gasteiger charge is -2.10. The topological polar surface area (TPSA) is 112 Å². The lowest BCUT2D eigenvalue weighted by molar-refractivity contribution is 0.103. The summed E-state index contributed by atoms with van der Waals surface area (Å²) in [5.41, 5.74) is 1.02. The number of benzene rings is 1. The zero-order valence-corrected chi connectivity index (χ0v) is 19.2. The molecule has 0 radical (unpaired) electrons.